The molecular weight excluding hydrogens is 386 g/mol. The van der Waals surface area contributed by atoms with Crippen LogP contribution >= 0.6 is 11.3 Å². The lowest BCUT2D eigenvalue weighted by Crippen LogP contribution is -2.31. The minimum Gasteiger partial charge on any atom is -0.478 e. The van der Waals surface area contributed by atoms with E-state index >= 15 is 0 Å². The van der Waals surface area contributed by atoms with Crippen LogP contribution in [0.5, 0.6) is 0 Å². The third-order valence-electron chi connectivity index (χ3n) is 5.38. The van der Waals surface area contributed by atoms with Crippen molar-refractivity contribution in [2.75, 3.05) is 31.5 Å². The maximum absolute atomic E-state index is 12.7. The van der Waals surface area contributed by atoms with Crippen molar-refractivity contribution in [3.63, 3.8) is 0 Å². The number of nitrogens with one attached hydrogen (secondary N) is 2. The molecule has 0 unspecified atom stereocenters. The third kappa shape index (κ3) is 5.23. The number of benzene rings is 1. The van der Waals surface area contributed by atoms with Gasteiger partial charge < -0.3 is 20.6 Å². The SMILES string of the molecule is CCN(CC)CCNCc1cccc(C(=O)Nc2sc3c(c2C(=O)O)CCC3)c1. The fourth-order valence-electron chi connectivity index (χ4n) is 3.73. The molecule has 0 spiro atoms. The molecule has 1 aromatic carbocycles. The summed E-state index contributed by atoms with van der Waals surface area (Å²) in [6.07, 6.45) is 2.65. The Kier molecular flexibility index (Phi) is 7.41. The van der Waals surface area contributed by atoms with Gasteiger partial charge in [0, 0.05) is 30.1 Å². The molecule has 1 amide bonds. The zero-order chi connectivity index (χ0) is 20.8. The van der Waals surface area contributed by atoms with Crippen LogP contribution in [-0.2, 0) is 19.4 Å². The largest absolute Gasteiger partial charge is 0.478 e. The van der Waals surface area contributed by atoms with E-state index in [0.29, 0.717) is 17.1 Å². The topological polar surface area (TPSA) is 81.7 Å². The predicted octanol–water partition coefficient (Wildman–Crippen LogP) is 3.62. The molecule has 7 heteroatoms. The van der Waals surface area contributed by atoms with E-state index in [1.165, 1.54) is 11.3 Å². The zero-order valence-electron chi connectivity index (χ0n) is 17.1. The number of carboxylic acids is 1. The number of aryl methyl sites for hydroxylation is 1. The molecule has 1 heterocycles. The van der Waals surface area contributed by atoms with Gasteiger partial charge in [0.1, 0.15) is 5.00 Å². The third-order valence-corrected chi connectivity index (χ3v) is 6.59. The Morgan fingerprint density at radius 1 is 1.21 bits per heavy atom. The van der Waals surface area contributed by atoms with E-state index in [0.717, 1.165) is 61.4 Å². The van der Waals surface area contributed by atoms with Gasteiger partial charge in [-0.05, 0) is 55.6 Å². The molecule has 0 saturated heterocycles. The van der Waals surface area contributed by atoms with Crippen molar-refractivity contribution in [2.24, 2.45) is 0 Å². The molecule has 1 aromatic heterocycles. The first-order valence-corrected chi connectivity index (χ1v) is 11.1. The van der Waals surface area contributed by atoms with Crippen molar-refractivity contribution in [3.05, 3.63) is 51.4 Å². The molecule has 0 atom stereocenters. The van der Waals surface area contributed by atoms with Crippen LogP contribution in [0.4, 0.5) is 5.00 Å². The van der Waals surface area contributed by atoms with E-state index in [-0.39, 0.29) is 11.5 Å². The molecule has 6 nitrogen and oxygen atoms in total. The standard InChI is InChI=1S/C22H29N3O3S/c1-3-25(4-2)12-11-23-14-15-7-5-8-16(13-15)20(26)24-21-19(22(27)28)17-9-6-10-18(17)29-21/h5,7-8,13,23H,3-4,6,9-12,14H2,1-2H3,(H,24,26)(H,27,28). The number of anilines is 1. The van der Waals surface area contributed by atoms with Gasteiger partial charge in [0.25, 0.3) is 5.91 Å². The molecule has 3 rings (SSSR count). The lowest BCUT2D eigenvalue weighted by molar-refractivity contribution is 0.0697. The Morgan fingerprint density at radius 3 is 2.72 bits per heavy atom. The molecule has 0 saturated carbocycles. The fourth-order valence-corrected chi connectivity index (χ4v) is 5.00. The van der Waals surface area contributed by atoms with Crippen LogP contribution in [0.15, 0.2) is 24.3 Å². The molecule has 0 fully saturated rings. The van der Waals surface area contributed by atoms with Gasteiger partial charge in [-0.2, -0.15) is 0 Å². The summed E-state index contributed by atoms with van der Waals surface area (Å²) in [5.74, 6) is -1.23. The van der Waals surface area contributed by atoms with Gasteiger partial charge in [0.05, 0.1) is 5.56 Å². The summed E-state index contributed by atoms with van der Waals surface area (Å²) < 4.78 is 0. The maximum atomic E-state index is 12.7. The van der Waals surface area contributed by atoms with E-state index in [4.69, 9.17) is 0 Å². The summed E-state index contributed by atoms with van der Waals surface area (Å²) in [5.41, 5.74) is 2.73. The Hall–Kier alpha value is -2.22. The summed E-state index contributed by atoms with van der Waals surface area (Å²) in [7, 11) is 0. The van der Waals surface area contributed by atoms with Gasteiger partial charge in [-0.15, -0.1) is 11.3 Å². The van der Waals surface area contributed by atoms with Crippen molar-refractivity contribution < 1.29 is 14.7 Å². The molecule has 1 aliphatic rings. The van der Waals surface area contributed by atoms with Gasteiger partial charge in [-0.25, -0.2) is 4.79 Å². The van der Waals surface area contributed by atoms with Crippen molar-refractivity contribution in [2.45, 2.75) is 39.7 Å². The van der Waals surface area contributed by atoms with Crippen molar-refractivity contribution in [1.82, 2.24) is 10.2 Å². The zero-order valence-corrected chi connectivity index (χ0v) is 17.9. The van der Waals surface area contributed by atoms with Gasteiger partial charge in [0.15, 0.2) is 0 Å². The monoisotopic (exact) mass is 415 g/mol. The second-order valence-electron chi connectivity index (χ2n) is 7.22. The van der Waals surface area contributed by atoms with Gasteiger partial charge in [-0.3, -0.25) is 4.79 Å². The fraction of sp³-hybridized carbons (Fsp3) is 0.455. The number of amides is 1. The summed E-state index contributed by atoms with van der Waals surface area (Å²) >= 11 is 1.40. The number of thiophene rings is 1. The van der Waals surface area contributed by atoms with Crippen LogP contribution < -0.4 is 10.6 Å². The second kappa shape index (κ2) is 10.0. The highest BCUT2D eigenvalue weighted by Gasteiger charge is 2.27. The van der Waals surface area contributed by atoms with E-state index < -0.39 is 5.97 Å². The Bertz CT molecular complexity index is 874. The Morgan fingerprint density at radius 2 is 2.00 bits per heavy atom. The van der Waals surface area contributed by atoms with Crippen LogP contribution in [0.25, 0.3) is 0 Å². The first kappa shape index (κ1) is 21.5. The van der Waals surface area contributed by atoms with Crippen molar-refractivity contribution in [1.29, 1.82) is 0 Å². The van der Waals surface area contributed by atoms with E-state index in [1.54, 1.807) is 6.07 Å². The van der Waals surface area contributed by atoms with Gasteiger partial charge in [-0.1, -0.05) is 26.0 Å². The number of carbonyl (C=O) groups is 2. The average Bonchev–Trinajstić information content (AvgIpc) is 3.28. The number of hydrogen-bond donors (Lipinski definition) is 3. The van der Waals surface area contributed by atoms with Crippen LogP contribution in [0.2, 0.25) is 0 Å². The lowest BCUT2D eigenvalue weighted by atomic mass is 10.1. The minimum absolute atomic E-state index is 0.266. The van der Waals surface area contributed by atoms with Crippen LogP contribution in [0.3, 0.4) is 0 Å². The molecule has 1 aliphatic carbocycles. The molecule has 3 N–H and O–H groups in total. The molecule has 0 aliphatic heterocycles. The summed E-state index contributed by atoms with van der Waals surface area (Å²) in [4.78, 5) is 27.9. The summed E-state index contributed by atoms with van der Waals surface area (Å²) in [5, 5.41) is 16.3. The minimum atomic E-state index is -0.967. The Balaban J connectivity index is 1.62. The number of likely N-dealkylation sites (N-methyl/N-ethyl adjacent to an activating group) is 1. The van der Waals surface area contributed by atoms with E-state index in [1.807, 2.05) is 18.2 Å². The number of carbonyl (C=O) groups excluding carboxylic acids is 1. The first-order chi connectivity index (χ1) is 14.0. The summed E-state index contributed by atoms with van der Waals surface area (Å²) in [6, 6.07) is 7.48. The number of nitrogens with zero attached hydrogens (tertiary/aromatic N) is 1. The molecular formula is C22H29N3O3S. The van der Waals surface area contributed by atoms with Crippen LogP contribution in [0.1, 0.15) is 57.0 Å². The Labute approximate surface area is 175 Å². The number of hydrogen-bond acceptors (Lipinski definition) is 5. The number of fused-ring (bicyclic) bond motifs is 1. The first-order valence-electron chi connectivity index (χ1n) is 10.2. The lowest BCUT2D eigenvalue weighted by Gasteiger charge is -2.18. The normalized spacial score (nSPS) is 12.9. The van der Waals surface area contributed by atoms with E-state index in [2.05, 4.69) is 29.4 Å². The van der Waals surface area contributed by atoms with Crippen molar-refractivity contribution >= 4 is 28.2 Å². The smallest absolute Gasteiger partial charge is 0.339 e. The predicted molar refractivity (Wildman–Crippen MR) is 117 cm³/mol. The highest BCUT2D eigenvalue weighted by Crippen LogP contribution is 2.39. The molecule has 2 aromatic rings. The van der Waals surface area contributed by atoms with Gasteiger partial charge >= 0.3 is 5.97 Å². The van der Waals surface area contributed by atoms with Gasteiger partial charge in [0.2, 0.25) is 0 Å². The average molecular weight is 416 g/mol. The highest BCUT2D eigenvalue weighted by molar-refractivity contribution is 7.17. The quantitative estimate of drug-likeness (QED) is 0.517. The maximum Gasteiger partial charge on any atom is 0.339 e. The number of aromatic carboxylic acids is 1. The number of rotatable bonds is 10. The highest BCUT2D eigenvalue weighted by atomic mass is 32.1. The molecule has 0 radical (unpaired) electrons. The van der Waals surface area contributed by atoms with E-state index in [9.17, 15) is 14.7 Å². The molecule has 0 bridgehead atoms. The summed E-state index contributed by atoms with van der Waals surface area (Å²) in [6.45, 7) is 8.97. The molecule has 156 valence electrons. The number of carboxylic acid groups (broad SMARTS) is 1. The van der Waals surface area contributed by atoms with Crippen molar-refractivity contribution in [3.8, 4) is 0 Å². The van der Waals surface area contributed by atoms with Crippen LogP contribution in [-0.4, -0.2) is 48.1 Å². The molecule has 29 heavy (non-hydrogen) atoms. The van der Waals surface area contributed by atoms with Crippen LogP contribution in [0, 0.1) is 0 Å². The second-order valence-corrected chi connectivity index (χ2v) is 8.33.